The number of carbonyl (C=O) groups is 2. The fourth-order valence-electron chi connectivity index (χ4n) is 1.49. The maximum atomic E-state index is 11.6. The highest BCUT2D eigenvalue weighted by atomic mass is 31.1. The van der Waals surface area contributed by atoms with Crippen molar-refractivity contribution in [3.63, 3.8) is 0 Å². The van der Waals surface area contributed by atoms with E-state index < -0.39 is 12.0 Å². The summed E-state index contributed by atoms with van der Waals surface area (Å²) in [6.45, 7) is 12.9. The average Bonchev–Trinajstić information content (AvgIpc) is 2.54. The number of aliphatic hydroxyl groups is 1. The van der Waals surface area contributed by atoms with Crippen molar-refractivity contribution in [2.75, 3.05) is 13.2 Å². The van der Waals surface area contributed by atoms with E-state index in [2.05, 4.69) is 17.0 Å². The normalized spacial score (nSPS) is 11.0. The maximum Gasteiger partial charge on any atom is 0.324 e. The lowest BCUT2D eigenvalue weighted by Gasteiger charge is -2.15. The number of rotatable bonds is 10. The topological polar surface area (TPSA) is 105 Å². The van der Waals surface area contributed by atoms with Crippen molar-refractivity contribution in [1.82, 2.24) is 10.4 Å². The van der Waals surface area contributed by atoms with Crippen LogP contribution in [0.2, 0.25) is 0 Å². The molecule has 0 bridgehead atoms. The van der Waals surface area contributed by atoms with Crippen LogP contribution in [0, 0.1) is 0 Å². The molecule has 0 aromatic carbocycles. The zero-order valence-corrected chi connectivity index (χ0v) is 17.6. The first-order valence-corrected chi connectivity index (χ1v) is 9.49. The Labute approximate surface area is 159 Å². The van der Waals surface area contributed by atoms with Gasteiger partial charge in [0.05, 0.1) is 6.10 Å². The summed E-state index contributed by atoms with van der Waals surface area (Å²) < 4.78 is 15.6. The number of hydrogen-bond donors (Lipinski definition) is 3. The Hall–Kier alpha value is -1.56. The first-order valence-electron chi connectivity index (χ1n) is 8.67. The highest BCUT2D eigenvalue weighted by Gasteiger charge is 2.20. The Bertz CT molecular complexity index is 401. The van der Waals surface area contributed by atoms with Crippen LogP contribution in [-0.2, 0) is 18.9 Å². The van der Waals surface area contributed by atoms with Gasteiger partial charge in [0.25, 0.3) is 0 Å². The van der Waals surface area contributed by atoms with Crippen LogP contribution < -0.4 is 10.4 Å². The first-order chi connectivity index (χ1) is 12.3. The zero-order valence-electron chi connectivity index (χ0n) is 16.7. The van der Waals surface area contributed by atoms with Crippen molar-refractivity contribution in [2.45, 2.75) is 66.0 Å². The monoisotopic (exact) mass is 390 g/mol. The summed E-state index contributed by atoms with van der Waals surface area (Å²) in [7, 11) is -0.286. The van der Waals surface area contributed by atoms with Crippen molar-refractivity contribution in [3.05, 3.63) is 24.8 Å². The molecule has 0 unspecified atom stereocenters. The quantitative estimate of drug-likeness (QED) is 0.229. The Balaban J connectivity index is -0.000000553. The fraction of sp³-hybridized carbons (Fsp3) is 0.667. The van der Waals surface area contributed by atoms with E-state index in [0.717, 1.165) is 12.8 Å². The molecule has 3 N–H and O–H groups in total. The molecular formula is C18H35N2O5P. The lowest BCUT2D eigenvalue weighted by atomic mass is 10.1. The molecule has 0 saturated carbocycles. The van der Waals surface area contributed by atoms with Crippen molar-refractivity contribution in [2.24, 2.45) is 0 Å². The number of aliphatic hydroxyl groups excluding tert-OH is 1. The number of amides is 1. The van der Waals surface area contributed by atoms with Gasteiger partial charge in [0.2, 0.25) is 14.5 Å². The minimum Gasteiger partial charge on any atom is -0.462 e. The zero-order chi connectivity index (χ0) is 20.8. The number of hydrogen-bond acceptors (Lipinski definition) is 5. The predicted octanol–water partition coefficient (Wildman–Crippen LogP) is 3.16. The number of carbonyl (C=O) groups excluding carboxylic acids is 2. The van der Waals surface area contributed by atoms with Crippen LogP contribution in [0.15, 0.2) is 24.8 Å². The van der Waals surface area contributed by atoms with E-state index in [1.165, 1.54) is 6.92 Å². The molecule has 0 heterocycles. The largest absolute Gasteiger partial charge is 0.462 e. The molecule has 1 amide bonds. The second-order valence-electron chi connectivity index (χ2n) is 5.32. The molecule has 0 aromatic rings. The summed E-state index contributed by atoms with van der Waals surface area (Å²) in [4.78, 5) is 22.3. The van der Waals surface area contributed by atoms with Crippen LogP contribution in [-0.4, -0.2) is 42.3 Å². The van der Waals surface area contributed by atoms with Crippen molar-refractivity contribution >= 4 is 20.5 Å². The predicted molar refractivity (Wildman–Crippen MR) is 106 cm³/mol. The number of nitrogens with one attached hydrogen (secondary N) is 2. The van der Waals surface area contributed by atoms with Crippen LogP contribution >= 0.6 is 8.61 Å². The Morgan fingerprint density at radius 2 is 1.88 bits per heavy atom. The lowest BCUT2D eigenvalue weighted by molar-refractivity contribution is -0.149. The highest BCUT2D eigenvalue weighted by molar-refractivity contribution is 7.21. The number of unbranched alkanes of at least 4 members (excludes halogenated alkanes) is 1. The highest BCUT2D eigenvalue weighted by Crippen LogP contribution is 2.07. The van der Waals surface area contributed by atoms with E-state index in [1.54, 1.807) is 26.8 Å². The summed E-state index contributed by atoms with van der Waals surface area (Å²) in [5.41, 5.74) is 0. The molecule has 0 radical (unpaired) electrons. The maximum absolute atomic E-state index is 11.6. The van der Waals surface area contributed by atoms with Gasteiger partial charge in [-0.3, -0.25) is 14.2 Å². The molecule has 0 saturated heterocycles. The van der Waals surface area contributed by atoms with Crippen LogP contribution in [0.25, 0.3) is 0 Å². The molecule has 0 aliphatic carbocycles. The molecule has 0 rings (SSSR count). The van der Waals surface area contributed by atoms with E-state index in [0.29, 0.717) is 13.0 Å². The molecule has 0 aromatic heterocycles. The number of allylic oxidation sites excluding steroid dienone is 3. The fourth-order valence-corrected chi connectivity index (χ4v) is 1.85. The van der Waals surface area contributed by atoms with Crippen LogP contribution in [0.1, 0.15) is 53.9 Å². The summed E-state index contributed by atoms with van der Waals surface area (Å²) in [6.07, 6.45) is 7.42. The van der Waals surface area contributed by atoms with E-state index >= 15 is 0 Å². The van der Waals surface area contributed by atoms with Gasteiger partial charge >= 0.3 is 5.97 Å². The van der Waals surface area contributed by atoms with Crippen LogP contribution in [0.3, 0.4) is 0 Å². The summed E-state index contributed by atoms with van der Waals surface area (Å²) in [5, 5.41) is 12.8. The second-order valence-corrected chi connectivity index (χ2v) is 5.76. The van der Waals surface area contributed by atoms with Gasteiger partial charge in [-0.1, -0.05) is 24.8 Å². The van der Waals surface area contributed by atoms with Crippen molar-refractivity contribution in [1.29, 1.82) is 0 Å². The molecule has 26 heavy (non-hydrogen) atoms. The smallest absolute Gasteiger partial charge is 0.324 e. The second kappa shape index (κ2) is 23.4. The molecule has 0 aliphatic rings. The third-order valence-electron chi connectivity index (χ3n) is 2.47. The van der Waals surface area contributed by atoms with Crippen LogP contribution in [0.4, 0.5) is 0 Å². The van der Waals surface area contributed by atoms with Crippen molar-refractivity contribution in [3.8, 4) is 0 Å². The minimum atomic E-state index is -0.566. The van der Waals surface area contributed by atoms with Gasteiger partial charge < -0.3 is 15.2 Å². The molecule has 0 aliphatic heterocycles. The lowest BCUT2D eigenvalue weighted by Crippen LogP contribution is -2.34. The number of esters is 1. The molecule has 7 nitrogen and oxygen atoms in total. The minimum absolute atomic E-state index is 0.0676. The van der Waals surface area contributed by atoms with E-state index in [1.807, 2.05) is 19.1 Å². The van der Waals surface area contributed by atoms with Crippen LogP contribution in [0.5, 0.6) is 0 Å². The average molecular weight is 390 g/mol. The summed E-state index contributed by atoms with van der Waals surface area (Å²) >= 11 is 0. The number of ether oxygens (including phenoxy) is 1. The Kier molecular flexibility index (Phi) is 26.3. The Morgan fingerprint density at radius 1 is 1.31 bits per heavy atom. The third-order valence-corrected chi connectivity index (χ3v) is 2.88. The van der Waals surface area contributed by atoms with Gasteiger partial charge in [-0.05, 0) is 47.0 Å². The van der Waals surface area contributed by atoms with E-state index in [4.69, 9.17) is 9.84 Å². The van der Waals surface area contributed by atoms with Gasteiger partial charge in [-0.15, -0.1) is 0 Å². The van der Waals surface area contributed by atoms with Crippen molar-refractivity contribution < 1.29 is 24.0 Å². The summed E-state index contributed by atoms with van der Waals surface area (Å²) in [5.74, 6) is -0.463. The molecule has 8 heteroatoms. The van der Waals surface area contributed by atoms with Gasteiger partial charge in [0, 0.05) is 20.1 Å². The van der Waals surface area contributed by atoms with E-state index in [-0.39, 0.29) is 27.2 Å². The van der Waals surface area contributed by atoms with E-state index in [9.17, 15) is 14.2 Å². The molecular weight excluding hydrogens is 355 g/mol. The first kappa shape index (κ1) is 29.2. The summed E-state index contributed by atoms with van der Waals surface area (Å²) in [6, 6.07) is -0.566. The Morgan fingerprint density at radius 3 is 2.23 bits per heavy atom. The molecule has 1 atom stereocenters. The molecule has 152 valence electrons. The van der Waals surface area contributed by atoms with Gasteiger partial charge in [-0.25, -0.2) is 5.09 Å². The SMILES string of the molecule is C=C/C=C\C.CC(=O)NCCCC[C@@H](NP=O)C(=O)OC(C)C.CCO. The van der Waals surface area contributed by atoms with Gasteiger partial charge in [0.1, 0.15) is 6.04 Å². The standard InChI is InChI=1S/C11H21N2O4P.C5H8.C2H6O/c1-8(2)17-11(15)10(13-18-16)6-4-5-7-12-9(3)14;1-3-5-4-2;1-2-3/h8,10H,4-7H2,1-3H3,(H,12,14)(H,13,16);3-5H,1H2,2H3;3H,2H2,1H3/b;5-4-;/t10-;;/m1../s1. The molecule has 0 fully saturated rings. The van der Waals surface area contributed by atoms with Gasteiger partial charge in [-0.2, -0.15) is 0 Å². The molecule has 0 spiro atoms. The third kappa shape index (κ3) is 27.3. The van der Waals surface area contributed by atoms with Gasteiger partial charge in [0.15, 0.2) is 0 Å².